The summed E-state index contributed by atoms with van der Waals surface area (Å²) in [7, 11) is 1.49. The van der Waals surface area contributed by atoms with Gasteiger partial charge in [-0.3, -0.25) is 0 Å². The van der Waals surface area contributed by atoms with Gasteiger partial charge in [0.05, 0.1) is 7.11 Å². The normalized spacial score (nSPS) is 12.4. The highest BCUT2D eigenvalue weighted by molar-refractivity contribution is 7.08. The lowest BCUT2D eigenvalue weighted by Crippen LogP contribution is -2.23. The van der Waals surface area contributed by atoms with Crippen LogP contribution in [0.4, 0.5) is 4.39 Å². The van der Waals surface area contributed by atoms with Crippen LogP contribution in [0, 0.1) is 12.7 Å². The molecule has 2 rings (SSSR count). The molecular weight excluding hydrogens is 273 g/mol. The average molecular weight is 293 g/mol. The third kappa shape index (κ3) is 3.19. The van der Waals surface area contributed by atoms with E-state index in [9.17, 15) is 4.39 Å². The van der Waals surface area contributed by atoms with Crippen molar-refractivity contribution in [3.05, 3.63) is 51.5 Å². The number of hydrogen-bond donors (Lipinski definition) is 1. The number of nitrogens with one attached hydrogen (secondary N) is 1. The van der Waals surface area contributed by atoms with Crippen molar-refractivity contribution in [1.82, 2.24) is 5.32 Å². The van der Waals surface area contributed by atoms with Crippen molar-refractivity contribution in [2.75, 3.05) is 13.7 Å². The molecule has 1 N–H and O–H groups in total. The molecule has 2 nitrogen and oxygen atoms in total. The first kappa shape index (κ1) is 15.0. The predicted octanol–water partition coefficient (Wildman–Crippen LogP) is 4.10. The maximum atomic E-state index is 14.3. The van der Waals surface area contributed by atoms with Gasteiger partial charge >= 0.3 is 0 Å². The Balaban J connectivity index is 2.27. The number of hydrogen-bond acceptors (Lipinski definition) is 3. The van der Waals surface area contributed by atoms with E-state index < -0.39 is 0 Å². The van der Waals surface area contributed by atoms with Gasteiger partial charge in [-0.2, -0.15) is 11.3 Å². The van der Waals surface area contributed by atoms with Gasteiger partial charge in [0.2, 0.25) is 0 Å². The third-order valence-electron chi connectivity index (χ3n) is 3.41. The number of rotatable bonds is 6. The summed E-state index contributed by atoms with van der Waals surface area (Å²) in [6.07, 6.45) is 0.619. The van der Waals surface area contributed by atoms with Crippen molar-refractivity contribution in [2.24, 2.45) is 0 Å². The molecule has 0 aliphatic heterocycles. The fraction of sp³-hybridized carbons (Fsp3) is 0.375. The van der Waals surface area contributed by atoms with E-state index in [1.165, 1.54) is 18.2 Å². The summed E-state index contributed by atoms with van der Waals surface area (Å²) in [5.41, 5.74) is 3.18. The maximum Gasteiger partial charge on any atom is 0.168 e. The Labute approximate surface area is 123 Å². The van der Waals surface area contributed by atoms with Crippen molar-refractivity contribution < 1.29 is 9.13 Å². The molecule has 0 spiro atoms. The lowest BCUT2D eigenvalue weighted by molar-refractivity contribution is 0.382. The smallest absolute Gasteiger partial charge is 0.168 e. The molecule has 1 atom stereocenters. The molecule has 1 heterocycles. The zero-order chi connectivity index (χ0) is 14.5. The van der Waals surface area contributed by atoms with Gasteiger partial charge in [0.1, 0.15) is 0 Å². The summed E-state index contributed by atoms with van der Waals surface area (Å²) in [5, 5.41) is 7.70. The molecular formula is C16H20FNOS. The highest BCUT2D eigenvalue weighted by atomic mass is 32.1. The Morgan fingerprint density at radius 2 is 2.15 bits per heavy atom. The first-order chi connectivity index (χ1) is 9.67. The minimum Gasteiger partial charge on any atom is -0.494 e. The molecule has 1 aromatic carbocycles. The van der Waals surface area contributed by atoms with Crippen LogP contribution in [-0.2, 0) is 6.42 Å². The van der Waals surface area contributed by atoms with Crippen LogP contribution < -0.4 is 10.1 Å². The molecule has 20 heavy (non-hydrogen) atoms. The number of thiophene rings is 1. The SMILES string of the molecule is CCNC(Cc1cccc(OC)c1F)c1cscc1C. The summed E-state index contributed by atoms with van der Waals surface area (Å²) in [6.45, 7) is 5.01. The number of methoxy groups -OCH3 is 1. The Hall–Kier alpha value is -1.39. The number of aryl methyl sites for hydroxylation is 1. The highest BCUT2D eigenvalue weighted by Gasteiger charge is 2.17. The van der Waals surface area contributed by atoms with Crippen LogP contribution >= 0.6 is 11.3 Å². The van der Waals surface area contributed by atoms with Crippen molar-refractivity contribution >= 4 is 11.3 Å². The zero-order valence-corrected chi connectivity index (χ0v) is 12.9. The second-order valence-electron chi connectivity index (χ2n) is 4.76. The highest BCUT2D eigenvalue weighted by Crippen LogP contribution is 2.28. The second kappa shape index (κ2) is 6.86. The minimum absolute atomic E-state index is 0.132. The molecule has 0 saturated heterocycles. The van der Waals surface area contributed by atoms with Gasteiger partial charge in [0.25, 0.3) is 0 Å². The van der Waals surface area contributed by atoms with Crippen LogP contribution in [0.3, 0.4) is 0 Å². The Kier molecular flexibility index (Phi) is 5.15. The molecule has 1 aromatic heterocycles. The Morgan fingerprint density at radius 3 is 2.75 bits per heavy atom. The van der Waals surface area contributed by atoms with Crippen LogP contribution in [0.25, 0.3) is 0 Å². The second-order valence-corrected chi connectivity index (χ2v) is 5.50. The van der Waals surface area contributed by atoms with Crippen molar-refractivity contribution in [3.63, 3.8) is 0 Å². The van der Waals surface area contributed by atoms with Crippen LogP contribution in [0.15, 0.2) is 29.0 Å². The van der Waals surface area contributed by atoms with E-state index in [1.807, 2.05) is 12.1 Å². The Bertz CT molecular complexity index is 567. The van der Waals surface area contributed by atoms with Crippen LogP contribution in [0.5, 0.6) is 5.75 Å². The molecule has 0 saturated carbocycles. The molecule has 108 valence electrons. The fourth-order valence-corrected chi connectivity index (χ4v) is 3.26. The van der Waals surface area contributed by atoms with Crippen molar-refractivity contribution in [3.8, 4) is 5.75 Å². The van der Waals surface area contributed by atoms with Crippen molar-refractivity contribution in [2.45, 2.75) is 26.3 Å². The standard InChI is InChI=1S/C16H20FNOS/c1-4-18-14(13-10-20-9-11(13)2)8-12-6-5-7-15(19-3)16(12)17/h5-7,9-10,14,18H,4,8H2,1-3H3. The number of halogens is 1. The number of likely N-dealkylation sites (N-methyl/N-ethyl adjacent to an activating group) is 1. The van der Waals surface area contributed by atoms with Crippen molar-refractivity contribution in [1.29, 1.82) is 0 Å². The van der Waals surface area contributed by atoms with Crippen LogP contribution in [-0.4, -0.2) is 13.7 Å². The van der Waals surface area contributed by atoms with Gasteiger partial charge < -0.3 is 10.1 Å². The molecule has 0 amide bonds. The van der Waals surface area contributed by atoms with E-state index in [1.54, 1.807) is 17.4 Å². The van der Waals surface area contributed by atoms with Gasteiger partial charge in [0.15, 0.2) is 11.6 Å². The van der Waals surface area contributed by atoms with Gasteiger partial charge in [-0.25, -0.2) is 4.39 Å². The van der Waals surface area contributed by atoms with Crippen LogP contribution in [0.2, 0.25) is 0 Å². The predicted molar refractivity (Wildman–Crippen MR) is 82.1 cm³/mol. The first-order valence-corrected chi connectivity index (χ1v) is 7.69. The van der Waals surface area contributed by atoms with E-state index >= 15 is 0 Å². The van der Waals surface area contributed by atoms with Crippen LogP contribution in [0.1, 0.15) is 29.7 Å². The number of ether oxygens (including phenoxy) is 1. The average Bonchev–Trinajstić information content (AvgIpc) is 2.86. The van der Waals surface area contributed by atoms with Gasteiger partial charge in [-0.1, -0.05) is 19.1 Å². The third-order valence-corrected chi connectivity index (χ3v) is 4.29. The zero-order valence-electron chi connectivity index (χ0n) is 12.1. The fourth-order valence-electron chi connectivity index (χ4n) is 2.36. The largest absolute Gasteiger partial charge is 0.494 e. The number of benzene rings is 1. The Morgan fingerprint density at radius 1 is 1.35 bits per heavy atom. The lowest BCUT2D eigenvalue weighted by atomic mass is 9.98. The van der Waals surface area contributed by atoms with Gasteiger partial charge in [-0.15, -0.1) is 0 Å². The summed E-state index contributed by atoms with van der Waals surface area (Å²) in [4.78, 5) is 0. The maximum absolute atomic E-state index is 14.3. The summed E-state index contributed by atoms with van der Waals surface area (Å²) in [5.74, 6) is 0.0468. The quantitative estimate of drug-likeness (QED) is 0.866. The van der Waals surface area contributed by atoms with Gasteiger partial charge in [0, 0.05) is 6.04 Å². The molecule has 0 fully saturated rings. The molecule has 0 aliphatic carbocycles. The van der Waals surface area contributed by atoms with E-state index in [-0.39, 0.29) is 11.9 Å². The van der Waals surface area contributed by atoms with E-state index in [0.717, 1.165) is 6.54 Å². The lowest BCUT2D eigenvalue weighted by Gasteiger charge is -2.19. The molecule has 4 heteroatoms. The molecule has 1 unspecified atom stereocenters. The minimum atomic E-state index is -0.259. The first-order valence-electron chi connectivity index (χ1n) is 6.74. The molecule has 0 bridgehead atoms. The van der Waals surface area contributed by atoms with Gasteiger partial charge in [-0.05, 0) is 53.4 Å². The molecule has 0 aliphatic rings. The summed E-state index contributed by atoms with van der Waals surface area (Å²) < 4.78 is 19.3. The van der Waals surface area contributed by atoms with E-state index in [0.29, 0.717) is 17.7 Å². The molecule has 2 aromatic rings. The topological polar surface area (TPSA) is 21.3 Å². The summed E-state index contributed by atoms with van der Waals surface area (Å²) >= 11 is 1.68. The summed E-state index contributed by atoms with van der Waals surface area (Å²) in [6, 6.07) is 5.44. The van der Waals surface area contributed by atoms with E-state index in [4.69, 9.17) is 4.74 Å². The molecule has 0 radical (unpaired) electrons. The van der Waals surface area contributed by atoms with E-state index in [2.05, 4.69) is 29.9 Å². The monoisotopic (exact) mass is 293 g/mol.